The highest BCUT2D eigenvalue weighted by molar-refractivity contribution is 7.99. The van der Waals surface area contributed by atoms with Crippen LogP contribution in [0.15, 0.2) is 23.0 Å². The van der Waals surface area contributed by atoms with Crippen LogP contribution in [0.1, 0.15) is 34.3 Å². The first kappa shape index (κ1) is 19.6. The zero-order valence-electron chi connectivity index (χ0n) is 16.1. The van der Waals surface area contributed by atoms with E-state index in [1.165, 1.54) is 23.1 Å². The smallest absolute Gasteiger partial charge is 0.259 e. The molecule has 0 aliphatic carbocycles. The van der Waals surface area contributed by atoms with Crippen LogP contribution in [0.2, 0.25) is 0 Å². The van der Waals surface area contributed by atoms with Crippen molar-refractivity contribution in [1.29, 1.82) is 0 Å². The van der Waals surface area contributed by atoms with Crippen molar-refractivity contribution < 1.29 is 4.79 Å². The van der Waals surface area contributed by atoms with E-state index < -0.39 is 0 Å². The number of thioether (sulfide) groups is 1. The fourth-order valence-electron chi connectivity index (χ4n) is 2.94. The number of H-pyrrole nitrogens is 1. The van der Waals surface area contributed by atoms with Crippen LogP contribution in [0.25, 0.3) is 10.2 Å². The maximum absolute atomic E-state index is 12.5. The molecule has 3 rings (SSSR count). The van der Waals surface area contributed by atoms with Gasteiger partial charge in [0, 0.05) is 10.6 Å². The van der Waals surface area contributed by atoms with Crippen molar-refractivity contribution in [3.05, 3.63) is 55.9 Å². The van der Waals surface area contributed by atoms with Gasteiger partial charge in [0.05, 0.1) is 16.4 Å². The number of thiophene rings is 1. The van der Waals surface area contributed by atoms with Crippen molar-refractivity contribution in [3.8, 4) is 0 Å². The average Bonchev–Trinajstić information content (AvgIpc) is 2.86. The molecule has 0 radical (unpaired) electrons. The number of rotatable bonds is 5. The van der Waals surface area contributed by atoms with Crippen molar-refractivity contribution in [3.63, 3.8) is 0 Å². The van der Waals surface area contributed by atoms with Gasteiger partial charge in [0.15, 0.2) is 0 Å². The van der Waals surface area contributed by atoms with Gasteiger partial charge in [-0.15, -0.1) is 23.1 Å². The molecule has 1 atom stereocenters. The van der Waals surface area contributed by atoms with Gasteiger partial charge in [-0.05, 0) is 63.4 Å². The van der Waals surface area contributed by atoms with E-state index in [1.807, 2.05) is 46.8 Å². The highest BCUT2D eigenvalue weighted by Crippen LogP contribution is 2.26. The molecule has 5 nitrogen and oxygen atoms in total. The van der Waals surface area contributed by atoms with Gasteiger partial charge in [-0.1, -0.05) is 6.07 Å². The number of anilines is 1. The molecule has 1 amide bonds. The molecule has 0 aliphatic heterocycles. The number of nitrogens with zero attached hydrogens (tertiary/aromatic N) is 1. The molecule has 1 aromatic carbocycles. The number of amides is 1. The summed E-state index contributed by atoms with van der Waals surface area (Å²) in [6.45, 7) is 9.81. The van der Waals surface area contributed by atoms with Crippen LogP contribution in [0.3, 0.4) is 0 Å². The Morgan fingerprint density at radius 3 is 2.56 bits per heavy atom. The summed E-state index contributed by atoms with van der Waals surface area (Å²) in [7, 11) is 0. The summed E-state index contributed by atoms with van der Waals surface area (Å²) >= 11 is 2.99. The van der Waals surface area contributed by atoms with Crippen molar-refractivity contribution in [2.24, 2.45) is 0 Å². The van der Waals surface area contributed by atoms with E-state index in [0.29, 0.717) is 17.0 Å². The zero-order valence-corrected chi connectivity index (χ0v) is 17.7. The van der Waals surface area contributed by atoms with Gasteiger partial charge < -0.3 is 10.3 Å². The number of carbonyl (C=O) groups is 1. The molecule has 2 aromatic heterocycles. The first-order valence-corrected chi connectivity index (χ1v) is 10.6. The molecule has 0 bridgehead atoms. The maximum Gasteiger partial charge on any atom is 0.259 e. The third-order valence-corrected chi connectivity index (χ3v) is 6.67. The molecule has 0 saturated carbocycles. The molecule has 3 aromatic rings. The lowest BCUT2D eigenvalue weighted by Gasteiger charge is -2.13. The lowest BCUT2D eigenvalue weighted by molar-refractivity contribution is -0.115. The molecule has 0 spiro atoms. The molecule has 0 saturated heterocycles. The monoisotopic (exact) mass is 401 g/mol. The highest BCUT2D eigenvalue weighted by Gasteiger charge is 2.16. The minimum absolute atomic E-state index is 0.0590. The van der Waals surface area contributed by atoms with Gasteiger partial charge in [-0.3, -0.25) is 9.59 Å². The second-order valence-corrected chi connectivity index (χ2v) is 9.33. The minimum atomic E-state index is -0.265. The van der Waals surface area contributed by atoms with E-state index in [4.69, 9.17) is 0 Å². The number of carbonyl (C=O) groups excluding carboxylic acids is 1. The molecule has 1 unspecified atom stereocenters. The topological polar surface area (TPSA) is 74.8 Å². The fraction of sp³-hybridized carbons (Fsp3) is 0.350. The Morgan fingerprint density at radius 2 is 1.89 bits per heavy atom. The molecule has 2 heterocycles. The van der Waals surface area contributed by atoms with Crippen molar-refractivity contribution in [2.75, 3.05) is 5.32 Å². The van der Waals surface area contributed by atoms with Crippen LogP contribution in [-0.2, 0) is 10.5 Å². The lowest BCUT2D eigenvalue weighted by Crippen LogP contribution is -2.23. The summed E-state index contributed by atoms with van der Waals surface area (Å²) in [6, 6.07) is 5.98. The van der Waals surface area contributed by atoms with Crippen LogP contribution in [0, 0.1) is 27.7 Å². The average molecular weight is 402 g/mol. The van der Waals surface area contributed by atoms with E-state index in [9.17, 15) is 9.59 Å². The predicted molar refractivity (Wildman–Crippen MR) is 115 cm³/mol. The molecule has 0 aliphatic rings. The van der Waals surface area contributed by atoms with E-state index in [1.54, 1.807) is 0 Å². The Hall–Kier alpha value is -2.12. The Morgan fingerprint density at radius 1 is 1.22 bits per heavy atom. The van der Waals surface area contributed by atoms with Crippen LogP contribution in [-0.4, -0.2) is 21.1 Å². The molecule has 27 heavy (non-hydrogen) atoms. The molecule has 142 valence electrons. The Labute approximate surface area is 166 Å². The van der Waals surface area contributed by atoms with E-state index in [2.05, 4.69) is 21.4 Å². The van der Waals surface area contributed by atoms with Gasteiger partial charge in [0.2, 0.25) is 5.91 Å². The fourth-order valence-corrected chi connectivity index (χ4v) is 4.74. The van der Waals surface area contributed by atoms with Gasteiger partial charge in [0.25, 0.3) is 5.56 Å². The summed E-state index contributed by atoms with van der Waals surface area (Å²) in [5.41, 5.74) is 3.92. The second-order valence-electron chi connectivity index (χ2n) is 6.79. The van der Waals surface area contributed by atoms with Gasteiger partial charge in [-0.2, -0.15) is 0 Å². The largest absolute Gasteiger partial charge is 0.325 e. The maximum atomic E-state index is 12.5. The van der Waals surface area contributed by atoms with E-state index >= 15 is 0 Å². The molecule has 7 heteroatoms. The first-order chi connectivity index (χ1) is 12.7. The zero-order chi connectivity index (χ0) is 19.7. The number of hydrogen-bond donors (Lipinski definition) is 2. The molecule has 2 N–H and O–H groups in total. The Kier molecular flexibility index (Phi) is 5.72. The number of nitrogens with one attached hydrogen (secondary N) is 2. The number of benzene rings is 1. The predicted octanol–water partition coefficient (Wildman–Crippen LogP) is 4.48. The van der Waals surface area contributed by atoms with Crippen LogP contribution >= 0.6 is 23.1 Å². The van der Waals surface area contributed by atoms with Crippen LogP contribution in [0.5, 0.6) is 0 Å². The van der Waals surface area contributed by atoms with E-state index in [-0.39, 0.29) is 16.7 Å². The Bertz CT molecular complexity index is 1050. The summed E-state index contributed by atoms with van der Waals surface area (Å²) in [4.78, 5) is 34.1. The molecular weight excluding hydrogens is 378 g/mol. The third kappa shape index (κ3) is 4.42. The van der Waals surface area contributed by atoms with Crippen molar-refractivity contribution >= 4 is 44.9 Å². The molecule has 0 fully saturated rings. The van der Waals surface area contributed by atoms with Gasteiger partial charge in [-0.25, -0.2) is 4.98 Å². The van der Waals surface area contributed by atoms with Gasteiger partial charge in [0.1, 0.15) is 10.7 Å². The SMILES string of the molecule is Cc1cc(C)cc(NC(=O)C(C)SCc2nc3sc(C)c(C)c3c(=O)[nH]2)c1. The number of aryl methyl sites for hydroxylation is 4. The van der Waals surface area contributed by atoms with Crippen molar-refractivity contribution in [1.82, 2.24) is 9.97 Å². The summed E-state index contributed by atoms with van der Waals surface area (Å²) < 4.78 is 0. The quantitative estimate of drug-likeness (QED) is 0.661. The number of aromatic amines is 1. The van der Waals surface area contributed by atoms with E-state index in [0.717, 1.165) is 32.1 Å². The number of hydrogen-bond acceptors (Lipinski definition) is 5. The minimum Gasteiger partial charge on any atom is -0.325 e. The summed E-state index contributed by atoms with van der Waals surface area (Å²) in [5, 5.41) is 3.37. The summed E-state index contributed by atoms with van der Waals surface area (Å²) in [6.07, 6.45) is 0. The third-order valence-electron chi connectivity index (χ3n) is 4.42. The van der Waals surface area contributed by atoms with Gasteiger partial charge >= 0.3 is 0 Å². The lowest BCUT2D eigenvalue weighted by atomic mass is 10.1. The van der Waals surface area contributed by atoms with Crippen molar-refractivity contribution in [2.45, 2.75) is 45.6 Å². The number of fused-ring (bicyclic) bond motifs is 1. The Balaban J connectivity index is 1.68. The van der Waals surface area contributed by atoms with Crippen LogP contribution in [0.4, 0.5) is 5.69 Å². The normalized spacial score (nSPS) is 12.3. The second kappa shape index (κ2) is 7.86. The van der Waals surface area contributed by atoms with Crippen LogP contribution < -0.4 is 10.9 Å². The standard InChI is InChI=1S/C20H23N3O2S2/c1-10-6-11(2)8-15(7-10)21-18(24)14(5)26-9-16-22-19(25)17-12(3)13(4)27-20(17)23-16/h6-8,14H,9H2,1-5H3,(H,21,24)(H,22,23,25). The highest BCUT2D eigenvalue weighted by atomic mass is 32.2. The first-order valence-electron chi connectivity index (χ1n) is 8.74. The molecular formula is C20H23N3O2S2. The number of aromatic nitrogens is 2. The summed E-state index contributed by atoms with van der Waals surface area (Å²) in [5.74, 6) is 1.02.